The average Bonchev–Trinajstić information content (AvgIpc) is 2.65. The van der Waals surface area contributed by atoms with E-state index in [1.165, 1.54) is 0 Å². The minimum absolute atomic E-state index is 0.0121. The van der Waals surface area contributed by atoms with Crippen LogP contribution in [0.1, 0.15) is 33.1 Å². The molecule has 1 saturated heterocycles. The van der Waals surface area contributed by atoms with Crippen molar-refractivity contribution in [1.82, 2.24) is 5.32 Å². The van der Waals surface area contributed by atoms with Crippen LogP contribution in [0.25, 0.3) is 0 Å². The first-order chi connectivity index (χ1) is 7.09. The molecule has 0 radical (unpaired) electrons. The van der Waals surface area contributed by atoms with Crippen molar-refractivity contribution in [2.75, 3.05) is 13.2 Å². The zero-order chi connectivity index (χ0) is 11.3. The highest BCUT2D eigenvalue weighted by Gasteiger charge is 2.23. The van der Waals surface area contributed by atoms with Gasteiger partial charge in [-0.2, -0.15) is 0 Å². The summed E-state index contributed by atoms with van der Waals surface area (Å²) in [6.45, 7) is 5.49. The lowest BCUT2D eigenvalue weighted by molar-refractivity contribution is -0.130. The smallest absolute Gasteiger partial charge is 0.249 e. The molecule has 0 aromatic heterocycles. The Hall–Kier alpha value is -0.280. The zero-order valence-corrected chi connectivity index (χ0v) is 10.2. The second-order valence-corrected chi connectivity index (χ2v) is 5.09. The molecule has 0 bridgehead atoms. The van der Waals surface area contributed by atoms with Crippen molar-refractivity contribution in [3.05, 3.63) is 0 Å². The highest BCUT2D eigenvalue weighted by Crippen LogP contribution is 2.13. The van der Waals surface area contributed by atoms with Crippen LogP contribution in [0.3, 0.4) is 0 Å². The SMILES string of the molecule is CC(C)CC(Cl)CNC(=O)C1CCCO1. The zero-order valence-electron chi connectivity index (χ0n) is 9.46. The van der Waals surface area contributed by atoms with Gasteiger partial charge in [-0.3, -0.25) is 4.79 Å². The first-order valence-electron chi connectivity index (χ1n) is 5.63. The Labute approximate surface area is 96.5 Å². The van der Waals surface area contributed by atoms with Gasteiger partial charge in [0.25, 0.3) is 0 Å². The van der Waals surface area contributed by atoms with E-state index in [0.717, 1.165) is 19.3 Å². The maximum atomic E-state index is 11.5. The van der Waals surface area contributed by atoms with E-state index in [9.17, 15) is 4.79 Å². The van der Waals surface area contributed by atoms with Gasteiger partial charge in [0.15, 0.2) is 0 Å². The molecule has 0 aliphatic carbocycles. The number of hydrogen-bond acceptors (Lipinski definition) is 2. The van der Waals surface area contributed by atoms with Gasteiger partial charge < -0.3 is 10.1 Å². The van der Waals surface area contributed by atoms with E-state index >= 15 is 0 Å². The molecule has 15 heavy (non-hydrogen) atoms. The minimum atomic E-state index is -0.243. The molecule has 0 aromatic carbocycles. The maximum absolute atomic E-state index is 11.5. The largest absolute Gasteiger partial charge is 0.368 e. The summed E-state index contributed by atoms with van der Waals surface area (Å²) in [5.41, 5.74) is 0. The molecule has 4 heteroatoms. The van der Waals surface area contributed by atoms with Gasteiger partial charge in [0.1, 0.15) is 6.10 Å². The molecule has 2 atom stereocenters. The number of rotatable bonds is 5. The third kappa shape index (κ3) is 4.85. The number of hydrogen-bond donors (Lipinski definition) is 1. The molecular weight excluding hydrogens is 214 g/mol. The average molecular weight is 234 g/mol. The molecule has 1 N–H and O–H groups in total. The van der Waals surface area contributed by atoms with Gasteiger partial charge in [0.05, 0.1) is 5.38 Å². The molecule has 1 aliphatic rings. The van der Waals surface area contributed by atoms with E-state index in [1.807, 2.05) is 0 Å². The van der Waals surface area contributed by atoms with E-state index in [1.54, 1.807) is 0 Å². The number of alkyl halides is 1. The number of ether oxygens (including phenoxy) is 1. The third-order valence-corrected chi connectivity index (χ3v) is 2.78. The van der Waals surface area contributed by atoms with E-state index in [2.05, 4.69) is 19.2 Å². The fourth-order valence-corrected chi connectivity index (χ4v) is 2.14. The molecule has 0 aromatic rings. The molecule has 1 amide bonds. The van der Waals surface area contributed by atoms with Crippen LogP contribution >= 0.6 is 11.6 Å². The fourth-order valence-electron chi connectivity index (χ4n) is 1.70. The molecule has 88 valence electrons. The summed E-state index contributed by atoms with van der Waals surface area (Å²) in [4.78, 5) is 11.5. The minimum Gasteiger partial charge on any atom is -0.368 e. The predicted octanol–water partition coefficient (Wildman–Crippen LogP) is 1.94. The number of carbonyl (C=O) groups excluding carboxylic acids is 1. The van der Waals surface area contributed by atoms with Crippen LogP contribution in [-0.4, -0.2) is 30.5 Å². The standard InChI is InChI=1S/C11H20ClNO2/c1-8(2)6-9(12)7-13-11(14)10-4-3-5-15-10/h8-10H,3-7H2,1-2H3,(H,13,14). The van der Waals surface area contributed by atoms with Gasteiger partial charge in [0.2, 0.25) is 5.91 Å². The topological polar surface area (TPSA) is 38.3 Å². The van der Waals surface area contributed by atoms with E-state index in [0.29, 0.717) is 19.1 Å². The van der Waals surface area contributed by atoms with E-state index < -0.39 is 0 Å². The summed E-state index contributed by atoms with van der Waals surface area (Å²) in [6.07, 6.45) is 2.50. The second kappa shape index (κ2) is 6.33. The maximum Gasteiger partial charge on any atom is 0.249 e. The van der Waals surface area contributed by atoms with Crippen LogP contribution < -0.4 is 5.32 Å². The van der Waals surface area contributed by atoms with Crippen LogP contribution in [0, 0.1) is 5.92 Å². The summed E-state index contributed by atoms with van der Waals surface area (Å²) in [6, 6.07) is 0. The highest BCUT2D eigenvalue weighted by molar-refractivity contribution is 6.20. The van der Waals surface area contributed by atoms with E-state index in [-0.39, 0.29) is 17.4 Å². The Morgan fingerprint density at radius 2 is 2.33 bits per heavy atom. The van der Waals surface area contributed by atoms with Crippen molar-refractivity contribution in [2.24, 2.45) is 5.92 Å². The van der Waals surface area contributed by atoms with E-state index in [4.69, 9.17) is 16.3 Å². The van der Waals surface area contributed by atoms with Crippen molar-refractivity contribution in [3.8, 4) is 0 Å². The van der Waals surface area contributed by atoms with Crippen LogP contribution in [0.15, 0.2) is 0 Å². The van der Waals surface area contributed by atoms with Crippen molar-refractivity contribution in [1.29, 1.82) is 0 Å². The molecular formula is C11H20ClNO2. The van der Waals surface area contributed by atoms with Crippen LogP contribution in [0.2, 0.25) is 0 Å². The fraction of sp³-hybridized carbons (Fsp3) is 0.909. The molecule has 1 fully saturated rings. The Kier molecular flexibility index (Phi) is 5.40. The Bertz CT molecular complexity index is 203. The summed E-state index contributed by atoms with van der Waals surface area (Å²) < 4.78 is 5.27. The van der Waals surface area contributed by atoms with Gasteiger partial charge >= 0.3 is 0 Å². The van der Waals surface area contributed by atoms with Gasteiger partial charge in [0, 0.05) is 13.2 Å². The summed E-state index contributed by atoms with van der Waals surface area (Å²) in [5, 5.41) is 2.86. The molecule has 3 nitrogen and oxygen atoms in total. The summed E-state index contributed by atoms with van der Waals surface area (Å²) in [7, 11) is 0. The lowest BCUT2D eigenvalue weighted by atomic mass is 10.1. The highest BCUT2D eigenvalue weighted by atomic mass is 35.5. The van der Waals surface area contributed by atoms with Crippen LogP contribution in [0.5, 0.6) is 0 Å². The predicted molar refractivity (Wildman–Crippen MR) is 61.1 cm³/mol. The third-order valence-electron chi connectivity index (χ3n) is 2.45. The Morgan fingerprint density at radius 3 is 2.87 bits per heavy atom. The Balaban J connectivity index is 2.15. The van der Waals surface area contributed by atoms with Gasteiger partial charge in [-0.25, -0.2) is 0 Å². The van der Waals surface area contributed by atoms with Crippen molar-refractivity contribution in [2.45, 2.75) is 44.6 Å². The van der Waals surface area contributed by atoms with Crippen molar-refractivity contribution in [3.63, 3.8) is 0 Å². The molecule has 1 rings (SSSR count). The first-order valence-corrected chi connectivity index (χ1v) is 6.06. The normalized spacial score (nSPS) is 23.1. The van der Waals surface area contributed by atoms with Gasteiger partial charge in [-0.1, -0.05) is 13.8 Å². The number of halogens is 1. The number of amides is 1. The number of nitrogens with one attached hydrogen (secondary N) is 1. The molecule has 1 aliphatic heterocycles. The van der Waals surface area contributed by atoms with Gasteiger partial charge in [-0.15, -0.1) is 11.6 Å². The quantitative estimate of drug-likeness (QED) is 0.737. The number of carbonyl (C=O) groups is 1. The molecule has 2 unspecified atom stereocenters. The Morgan fingerprint density at radius 1 is 1.60 bits per heavy atom. The summed E-state index contributed by atoms with van der Waals surface area (Å²) in [5.74, 6) is 0.550. The first kappa shape index (κ1) is 12.8. The molecule has 1 heterocycles. The monoisotopic (exact) mass is 233 g/mol. The molecule has 0 spiro atoms. The van der Waals surface area contributed by atoms with Gasteiger partial charge in [-0.05, 0) is 25.2 Å². The summed E-state index contributed by atoms with van der Waals surface area (Å²) >= 11 is 6.07. The van der Waals surface area contributed by atoms with Crippen molar-refractivity contribution >= 4 is 17.5 Å². The van der Waals surface area contributed by atoms with Crippen LogP contribution in [0.4, 0.5) is 0 Å². The lowest BCUT2D eigenvalue weighted by Gasteiger charge is -2.15. The van der Waals surface area contributed by atoms with Crippen LogP contribution in [-0.2, 0) is 9.53 Å². The van der Waals surface area contributed by atoms with Crippen molar-refractivity contribution < 1.29 is 9.53 Å². The lowest BCUT2D eigenvalue weighted by Crippen LogP contribution is -2.37. The second-order valence-electron chi connectivity index (χ2n) is 4.47. The molecule has 0 saturated carbocycles.